The summed E-state index contributed by atoms with van der Waals surface area (Å²) < 4.78 is 0. The molecule has 0 spiro atoms. The summed E-state index contributed by atoms with van der Waals surface area (Å²) in [6, 6.07) is 13.5. The van der Waals surface area contributed by atoms with Gasteiger partial charge in [-0.1, -0.05) is 35.9 Å². The smallest absolute Gasteiger partial charge is 0.248 e. The van der Waals surface area contributed by atoms with Crippen molar-refractivity contribution in [3.8, 4) is 0 Å². The first kappa shape index (κ1) is 13.9. The third kappa shape index (κ3) is 3.72. The standard InChI is InChI=1S/C17H18N2O/c1-12-3-6-14(7-4-12)8-10-17(20)19-16-9-5-13(2)11-15(16)18/h3-11H,18H2,1-2H3,(H,19,20)/b10-8+. The molecular formula is C17H18N2O. The number of carbonyl (C=O) groups excluding carboxylic acids is 1. The summed E-state index contributed by atoms with van der Waals surface area (Å²) >= 11 is 0. The van der Waals surface area contributed by atoms with E-state index in [1.54, 1.807) is 6.08 Å². The SMILES string of the molecule is Cc1ccc(/C=C/C(=O)Nc2ccc(C)cc2N)cc1. The molecule has 0 aliphatic rings. The maximum Gasteiger partial charge on any atom is 0.248 e. The molecule has 0 radical (unpaired) electrons. The summed E-state index contributed by atoms with van der Waals surface area (Å²) in [7, 11) is 0. The van der Waals surface area contributed by atoms with Crippen molar-refractivity contribution in [3.63, 3.8) is 0 Å². The Morgan fingerprint density at radius 1 is 1.05 bits per heavy atom. The molecule has 0 aliphatic carbocycles. The summed E-state index contributed by atoms with van der Waals surface area (Å²) in [6.45, 7) is 3.99. The minimum absolute atomic E-state index is 0.193. The van der Waals surface area contributed by atoms with Crippen LogP contribution in [-0.2, 0) is 4.79 Å². The molecule has 3 nitrogen and oxygen atoms in total. The van der Waals surface area contributed by atoms with E-state index in [2.05, 4.69) is 5.32 Å². The van der Waals surface area contributed by atoms with Crippen LogP contribution in [0.3, 0.4) is 0 Å². The quantitative estimate of drug-likeness (QED) is 0.659. The topological polar surface area (TPSA) is 55.1 Å². The Morgan fingerprint density at radius 3 is 2.35 bits per heavy atom. The minimum atomic E-state index is -0.193. The molecule has 0 bridgehead atoms. The molecule has 2 rings (SSSR count). The van der Waals surface area contributed by atoms with Crippen LogP contribution in [0, 0.1) is 13.8 Å². The van der Waals surface area contributed by atoms with Crippen molar-refractivity contribution < 1.29 is 4.79 Å². The lowest BCUT2D eigenvalue weighted by molar-refractivity contribution is -0.111. The van der Waals surface area contributed by atoms with E-state index in [4.69, 9.17) is 5.73 Å². The minimum Gasteiger partial charge on any atom is -0.397 e. The van der Waals surface area contributed by atoms with E-state index in [-0.39, 0.29) is 5.91 Å². The molecule has 0 fully saturated rings. The molecule has 0 saturated heterocycles. The number of anilines is 2. The van der Waals surface area contributed by atoms with Crippen molar-refractivity contribution in [2.75, 3.05) is 11.1 Å². The van der Waals surface area contributed by atoms with Crippen molar-refractivity contribution in [1.29, 1.82) is 0 Å². The normalized spacial score (nSPS) is 10.7. The molecule has 0 saturated carbocycles. The molecule has 0 aromatic heterocycles. The number of rotatable bonds is 3. The van der Waals surface area contributed by atoms with Crippen LogP contribution >= 0.6 is 0 Å². The largest absolute Gasteiger partial charge is 0.397 e. The monoisotopic (exact) mass is 266 g/mol. The first-order valence-electron chi connectivity index (χ1n) is 6.46. The highest BCUT2D eigenvalue weighted by atomic mass is 16.1. The average Bonchev–Trinajstić information content (AvgIpc) is 2.41. The zero-order chi connectivity index (χ0) is 14.5. The van der Waals surface area contributed by atoms with E-state index in [1.807, 2.05) is 56.3 Å². The van der Waals surface area contributed by atoms with E-state index in [1.165, 1.54) is 11.6 Å². The third-order valence-electron chi connectivity index (χ3n) is 2.97. The fourth-order valence-electron chi connectivity index (χ4n) is 1.82. The Bertz CT molecular complexity index is 643. The van der Waals surface area contributed by atoms with Gasteiger partial charge in [-0.3, -0.25) is 4.79 Å². The molecule has 102 valence electrons. The number of benzene rings is 2. The molecule has 1 amide bonds. The van der Waals surface area contributed by atoms with Crippen LogP contribution in [0.5, 0.6) is 0 Å². The lowest BCUT2D eigenvalue weighted by Crippen LogP contribution is -2.09. The summed E-state index contributed by atoms with van der Waals surface area (Å²) in [4.78, 5) is 11.8. The summed E-state index contributed by atoms with van der Waals surface area (Å²) in [5.74, 6) is -0.193. The van der Waals surface area contributed by atoms with Gasteiger partial charge in [0.15, 0.2) is 0 Å². The van der Waals surface area contributed by atoms with Gasteiger partial charge in [0, 0.05) is 6.08 Å². The zero-order valence-corrected chi connectivity index (χ0v) is 11.7. The van der Waals surface area contributed by atoms with Gasteiger partial charge < -0.3 is 11.1 Å². The van der Waals surface area contributed by atoms with Crippen LogP contribution in [0.2, 0.25) is 0 Å². The van der Waals surface area contributed by atoms with Gasteiger partial charge >= 0.3 is 0 Å². The van der Waals surface area contributed by atoms with Gasteiger partial charge in [-0.25, -0.2) is 0 Å². The van der Waals surface area contributed by atoms with Crippen molar-refractivity contribution in [3.05, 3.63) is 65.2 Å². The van der Waals surface area contributed by atoms with Gasteiger partial charge in [0.2, 0.25) is 5.91 Å². The van der Waals surface area contributed by atoms with Crippen molar-refractivity contribution in [2.24, 2.45) is 0 Å². The second kappa shape index (κ2) is 6.06. The van der Waals surface area contributed by atoms with E-state index in [0.717, 1.165) is 11.1 Å². The number of hydrogen-bond donors (Lipinski definition) is 2. The second-order valence-electron chi connectivity index (χ2n) is 4.82. The van der Waals surface area contributed by atoms with Gasteiger partial charge in [-0.05, 0) is 43.2 Å². The van der Waals surface area contributed by atoms with Crippen molar-refractivity contribution >= 4 is 23.4 Å². The van der Waals surface area contributed by atoms with E-state index in [0.29, 0.717) is 11.4 Å². The summed E-state index contributed by atoms with van der Waals surface area (Å²) in [5.41, 5.74) is 10.3. The van der Waals surface area contributed by atoms with Gasteiger partial charge in [0.1, 0.15) is 0 Å². The Balaban J connectivity index is 2.03. The molecule has 3 N–H and O–H groups in total. The third-order valence-corrected chi connectivity index (χ3v) is 2.97. The average molecular weight is 266 g/mol. The van der Waals surface area contributed by atoms with E-state index in [9.17, 15) is 4.79 Å². The van der Waals surface area contributed by atoms with Gasteiger partial charge in [0.25, 0.3) is 0 Å². The number of nitrogens with one attached hydrogen (secondary N) is 1. The fraction of sp³-hybridized carbons (Fsp3) is 0.118. The van der Waals surface area contributed by atoms with Crippen LogP contribution in [0.25, 0.3) is 6.08 Å². The number of carbonyl (C=O) groups is 1. The molecule has 3 heteroatoms. The fourth-order valence-corrected chi connectivity index (χ4v) is 1.82. The molecule has 20 heavy (non-hydrogen) atoms. The molecular weight excluding hydrogens is 248 g/mol. The Labute approximate surface area is 119 Å². The second-order valence-corrected chi connectivity index (χ2v) is 4.82. The number of amides is 1. The zero-order valence-electron chi connectivity index (χ0n) is 11.7. The highest BCUT2D eigenvalue weighted by Crippen LogP contribution is 2.19. The van der Waals surface area contributed by atoms with Crippen molar-refractivity contribution in [2.45, 2.75) is 13.8 Å². The molecule has 0 unspecified atom stereocenters. The number of aryl methyl sites for hydroxylation is 2. The van der Waals surface area contributed by atoms with Gasteiger partial charge in [0.05, 0.1) is 11.4 Å². The molecule has 0 atom stereocenters. The summed E-state index contributed by atoms with van der Waals surface area (Å²) in [6.07, 6.45) is 3.28. The van der Waals surface area contributed by atoms with Crippen LogP contribution in [0.4, 0.5) is 11.4 Å². The first-order valence-corrected chi connectivity index (χ1v) is 6.46. The predicted octanol–water partition coefficient (Wildman–Crippen LogP) is 3.54. The maximum atomic E-state index is 11.8. The van der Waals surface area contributed by atoms with Crippen LogP contribution < -0.4 is 11.1 Å². The lowest BCUT2D eigenvalue weighted by atomic mass is 10.1. The Morgan fingerprint density at radius 2 is 1.70 bits per heavy atom. The summed E-state index contributed by atoms with van der Waals surface area (Å²) in [5, 5.41) is 2.77. The van der Waals surface area contributed by atoms with Crippen molar-refractivity contribution in [1.82, 2.24) is 0 Å². The maximum absolute atomic E-state index is 11.8. The Hall–Kier alpha value is -2.55. The Kier molecular flexibility index (Phi) is 4.20. The highest BCUT2D eigenvalue weighted by molar-refractivity contribution is 6.03. The van der Waals surface area contributed by atoms with E-state index >= 15 is 0 Å². The van der Waals surface area contributed by atoms with Crippen LogP contribution in [0.15, 0.2) is 48.5 Å². The molecule has 0 heterocycles. The number of hydrogen-bond acceptors (Lipinski definition) is 2. The molecule has 2 aromatic rings. The highest BCUT2D eigenvalue weighted by Gasteiger charge is 2.02. The number of nitrogens with two attached hydrogens (primary N) is 1. The molecule has 2 aromatic carbocycles. The van der Waals surface area contributed by atoms with Crippen LogP contribution in [0.1, 0.15) is 16.7 Å². The predicted molar refractivity (Wildman–Crippen MR) is 84.4 cm³/mol. The van der Waals surface area contributed by atoms with Gasteiger partial charge in [-0.2, -0.15) is 0 Å². The molecule has 0 aliphatic heterocycles. The number of nitrogen functional groups attached to an aromatic ring is 1. The lowest BCUT2D eigenvalue weighted by Gasteiger charge is -2.06. The van der Waals surface area contributed by atoms with Crippen LogP contribution in [-0.4, -0.2) is 5.91 Å². The van der Waals surface area contributed by atoms with E-state index < -0.39 is 0 Å². The first-order chi connectivity index (χ1) is 9.54. The van der Waals surface area contributed by atoms with Gasteiger partial charge in [-0.15, -0.1) is 0 Å².